The molecule has 0 saturated carbocycles. The summed E-state index contributed by atoms with van der Waals surface area (Å²) in [5.41, 5.74) is -0.856. The SMILES string of the molecule is CCC1(C(=O)O)CCCN(C(=O)Nc2nnn(C)n2)C1. The molecule has 20 heavy (non-hydrogen) atoms. The number of hydrogen-bond donors (Lipinski definition) is 2. The fourth-order valence-electron chi connectivity index (χ4n) is 2.43. The van der Waals surface area contributed by atoms with Crippen LogP contribution in [0.15, 0.2) is 0 Å². The topological polar surface area (TPSA) is 113 Å². The highest BCUT2D eigenvalue weighted by atomic mass is 16.4. The van der Waals surface area contributed by atoms with Gasteiger partial charge in [-0.3, -0.25) is 10.1 Å². The van der Waals surface area contributed by atoms with Crippen molar-refractivity contribution in [2.24, 2.45) is 12.5 Å². The number of carboxylic acids is 1. The molecule has 9 nitrogen and oxygen atoms in total. The largest absolute Gasteiger partial charge is 0.481 e. The van der Waals surface area contributed by atoms with Gasteiger partial charge in [0.2, 0.25) is 0 Å². The third-order valence-corrected chi connectivity index (χ3v) is 3.72. The molecule has 1 aromatic heterocycles. The van der Waals surface area contributed by atoms with Gasteiger partial charge in [-0.1, -0.05) is 12.0 Å². The van der Waals surface area contributed by atoms with Gasteiger partial charge < -0.3 is 10.0 Å². The van der Waals surface area contributed by atoms with Gasteiger partial charge >= 0.3 is 12.0 Å². The van der Waals surface area contributed by atoms with Gasteiger partial charge in [-0.05, 0) is 24.5 Å². The van der Waals surface area contributed by atoms with Crippen molar-refractivity contribution in [1.82, 2.24) is 25.1 Å². The predicted octanol–water partition coefficient (Wildman–Crippen LogP) is 0.319. The monoisotopic (exact) mass is 282 g/mol. The standard InChI is InChI=1S/C11H18N6O3/c1-3-11(8(18)19)5-4-6-17(7-11)10(20)12-9-13-15-16(2)14-9/h3-7H2,1-2H3,(H,18,19)(H,12,14,20). The maximum atomic E-state index is 12.1. The first kappa shape index (κ1) is 14.2. The zero-order chi connectivity index (χ0) is 14.8. The predicted molar refractivity (Wildman–Crippen MR) is 69.0 cm³/mol. The summed E-state index contributed by atoms with van der Waals surface area (Å²) in [6.07, 6.45) is 1.75. The molecule has 0 spiro atoms. The van der Waals surface area contributed by atoms with Gasteiger partial charge in [0.1, 0.15) is 0 Å². The third kappa shape index (κ3) is 2.70. The fraction of sp³-hybridized carbons (Fsp3) is 0.727. The number of anilines is 1. The van der Waals surface area contributed by atoms with E-state index in [1.165, 1.54) is 9.70 Å². The summed E-state index contributed by atoms with van der Waals surface area (Å²) in [6, 6.07) is -0.392. The van der Waals surface area contributed by atoms with Gasteiger partial charge in [-0.15, -0.1) is 5.10 Å². The number of aliphatic carboxylic acids is 1. The molecule has 2 N–H and O–H groups in total. The number of carboxylic acid groups (broad SMARTS) is 1. The first-order chi connectivity index (χ1) is 9.47. The van der Waals surface area contributed by atoms with Gasteiger partial charge in [0.15, 0.2) is 0 Å². The van der Waals surface area contributed by atoms with Crippen molar-refractivity contribution in [3.8, 4) is 0 Å². The van der Waals surface area contributed by atoms with E-state index in [9.17, 15) is 14.7 Å². The number of nitrogens with one attached hydrogen (secondary N) is 1. The van der Waals surface area contributed by atoms with Crippen molar-refractivity contribution < 1.29 is 14.7 Å². The summed E-state index contributed by atoms with van der Waals surface area (Å²) in [4.78, 5) is 26.3. The molecule has 0 aromatic carbocycles. The average molecular weight is 282 g/mol. The summed E-state index contributed by atoms with van der Waals surface area (Å²) >= 11 is 0. The maximum absolute atomic E-state index is 12.1. The van der Waals surface area contributed by atoms with Crippen LogP contribution in [0.25, 0.3) is 0 Å². The number of amides is 2. The second kappa shape index (κ2) is 5.43. The van der Waals surface area contributed by atoms with Crippen LogP contribution in [0.1, 0.15) is 26.2 Å². The summed E-state index contributed by atoms with van der Waals surface area (Å²) < 4.78 is 0. The second-order valence-corrected chi connectivity index (χ2v) is 5.00. The highest BCUT2D eigenvalue weighted by Crippen LogP contribution is 2.33. The Morgan fingerprint density at radius 3 is 2.80 bits per heavy atom. The van der Waals surface area contributed by atoms with Crippen LogP contribution in [0.3, 0.4) is 0 Å². The number of carbonyl (C=O) groups excluding carboxylic acids is 1. The molecule has 1 aromatic rings. The summed E-state index contributed by atoms with van der Waals surface area (Å²) in [5, 5.41) is 23.0. The molecule has 2 amide bonds. The first-order valence-corrected chi connectivity index (χ1v) is 6.50. The minimum Gasteiger partial charge on any atom is -0.481 e. The Morgan fingerprint density at radius 1 is 1.50 bits per heavy atom. The van der Waals surface area contributed by atoms with Gasteiger partial charge in [-0.25, -0.2) is 4.79 Å². The normalized spacial score (nSPS) is 22.6. The Morgan fingerprint density at radius 2 is 2.25 bits per heavy atom. The molecular formula is C11H18N6O3. The number of tetrazole rings is 1. The molecule has 110 valence electrons. The Kier molecular flexibility index (Phi) is 3.86. The highest BCUT2D eigenvalue weighted by molar-refractivity contribution is 5.88. The van der Waals surface area contributed by atoms with Crippen LogP contribution in [0.5, 0.6) is 0 Å². The molecule has 2 rings (SSSR count). The lowest BCUT2D eigenvalue weighted by Crippen LogP contribution is -2.50. The first-order valence-electron chi connectivity index (χ1n) is 6.50. The molecule has 0 radical (unpaired) electrons. The Hall–Kier alpha value is -2.19. The highest BCUT2D eigenvalue weighted by Gasteiger charge is 2.42. The molecule has 1 atom stereocenters. The molecule has 1 saturated heterocycles. The van der Waals surface area contributed by atoms with E-state index in [4.69, 9.17) is 0 Å². The molecule has 1 aliphatic rings. The zero-order valence-electron chi connectivity index (χ0n) is 11.5. The number of nitrogens with zero attached hydrogens (tertiary/aromatic N) is 5. The van der Waals surface area contributed by atoms with Crippen molar-refractivity contribution in [2.75, 3.05) is 18.4 Å². The molecule has 2 heterocycles. The molecule has 1 unspecified atom stereocenters. The summed E-state index contributed by atoms with van der Waals surface area (Å²) in [7, 11) is 1.59. The number of piperidine rings is 1. The molecular weight excluding hydrogens is 264 g/mol. The van der Waals surface area contributed by atoms with Crippen molar-refractivity contribution in [3.05, 3.63) is 0 Å². The van der Waals surface area contributed by atoms with Gasteiger partial charge in [0.05, 0.1) is 12.5 Å². The lowest BCUT2D eigenvalue weighted by molar-refractivity contribution is -0.152. The molecule has 9 heteroatoms. The number of aryl methyl sites for hydroxylation is 1. The van der Waals surface area contributed by atoms with E-state index in [1.807, 2.05) is 6.92 Å². The van der Waals surface area contributed by atoms with E-state index >= 15 is 0 Å². The van der Waals surface area contributed by atoms with E-state index in [1.54, 1.807) is 7.05 Å². The average Bonchev–Trinajstić information content (AvgIpc) is 2.83. The number of aromatic nitrogens is 4. The number of carbonyl (C=O) groups is 2. The van der Waals surface area contributed by atoms with Crippen LogP contribution >= 0.6 is 0 Å². The van der Waals surface area contributed by atoms with Crippen molar-refractivity contribution in [3.63, 3.8) is 0 Å². The van der Waals surface area contributed by atoms with E-state index in [0.717, 1.165) is 0 Å². The van der Waals surface area contributed by atoms with E-state index < -0.39 is 17.4 Å². The number of likely N-dealkylation sites (tertiary alicyclic amines) is 1. The smallest absolute Gasteiger partial charge is 0.324 e. The van der Waals surface area contributed by atoms with Crippen LogP contribution in [-0.2, 0) is 11.8 Å². The lowest BCUT2D eigenvalue weighted by atomic mass is 9.78. The van der Waals surface area contributed by atoms with Crippen LogP contribution in [-0.4, -0.2) is 55.3 Å². The quantitative estimate of drug-likeness (QED) is 0.825. The minimum absolute atomic E-state index is 0.112. The fourth-order valence-corrected chi connectivity index (χ4v) is 2.43. The molecule has 0 aliphatic carbocycles. The molecule has 1 fully saturated rings. The summed E-state index contributed by atoms with van der Waals surface area (Å²) in [5.74, 6) is -0.740. The minimum atomic E-state index is -0.856. The van der Waals surface area contributed by atoms with Gasteiger partial charge in [0, 0.05) is 13.1 Å². The van der Waals surface area contributed by atoms with Crippen LogP contribution in [0, 0.1) is 5.41 Å². The van der Waals surface area contributed by atoms with Gasteiger partial charge in [-0.2, -0.15) is 4.80 Å². The van der Waals surface area contributed by atoms with Crippen LogP contribution < -0.4 is 5.32 Å². The van der Waals surface area contributed by atoms with Crippen LogP contribution in [0.4, 0.5) is 10.7 Å². The number of hydrogen-bond acceptors (Lipinski definition) is 5. The van der Waals surface area contributed by atoms with E-state index in [2.05, 4.69) is 20.7 Å². The number of rotatable bonds is 3. The Labute approximate surface area is 115 Å². The molecule has 1 aliphatic heterocycles. The molecule has 0 bridgehead atoms. The Bertz CT molecular complexity index is 516. The lowest BCUT2D eigenvalue weighted by Gasteiger charge is -2.39. The maximum Gasteiger partial charge on any atom is 0.324 e. The zero-order valence-corrected chi connectivity index (χ0v) is 11.5. The van der Waals surface area contributed by atoms with Crippen molar-refractivity contribution >= 4 is 17.9 Å². The third-order valence-electron chi connectivity index (χ3n) is 3.72. The number of urea groups is 1. The van der Waals surface area contributed by atoms with E-state index in [-0.39, 0.29) is 12.5 Å². The van der Waals surface area contributed by atoms with Crippen molar-refractivity contribution in [1.29, 1.82) is 0 Å². The van der Waals surface area contributed by atoms with Crippen molar-refractivity contribution in [2.45, 2.75) is 26.2 Å². The second-order valence-electron chi connectivity index (χ2n) is 5.00. The van der Waals surface area contributed by atoms with Crippen LogP contribution in [0.2, 0.25) is 0 Å². The van der Waals surface area contributed by atoms with E-state index in [0.29, 0.717) is 25.8 Å². The van der Waals surface area contributed by atoms with Gasteiger partial charge in [0.25, 0.3) is 5.95 Å². The Balaban J connectivity index is 2.05. The summed E-state index contributed by atoms with van der Waals surface area (Å²) in [6.45, 7) is 2.56.